The highest BCUT2D eigenvalue weighted by atomic mass is 31.2. The summed E-state index contributed by atoms with van der Waals surface area (Å²) in [6.07, 6.45) is 3.63. The van der Waals surface area contributed by atoms with Crippen molar-refractivity contribution in [2.75, 3.05) is 4.44 Å². The molecule has 1 fully saturated rings. The van der Waals surface area contributed by atoms with Gasteiger partial charge in [0.1, 0.15) is 0 Å². The second-order valence-corrected chi connectivity index (χ2v) is 14.7. The number of para-hydroxylation sites is 1. The molecule has 0 radical (unpaired) electrons. The predicted octanol–water partition coefficient (Wildman–Crippen LogP) is 9.08. The van der Waals surface area contributed by atoms with E-state index in [-0.39, 0.29) is 0 Å². The molecule has 0 N–H and O–H groups in total. The largest absolute Gasteiger partial charge is 0.320 e. The van der Waals surface area contributed by atoms with Gasteiger partial charge in [-0.2, -0.15) is 0 Å². The van der Waals surface area contributed by atoms with E-state index in [1.165, 1.54) is 40.3 Å². The molecule has 1 aliphatic heterocycles. The van der Waals surface area contributed by atoms with Gasteiger partial charge in [-0.25, -0.2) is 0 Å². The van der Waals surface area contributed by atoms with Crippen LogP contribution in [0.25, 0.3) is 0 Å². The lowest BCUT2D eigenvalue weighted by molar-refractivity contribution is 0.734. The fourth-order valence-corrected chi connectivity index (χ4v) is 13.1. The molecule has 1 saturated heterocycles. The molecule has 5 aromatic rings. The number of benzene rings is 5. The minimum absolute atomic E-state index is 0.536. The molecule has 0 bridgehead atoms. The summed E-state index contributed by atoms with van der Waals surface area (Å²) in [5.41, 5.74) is 5.45. The van der Waals surface area contributed by atoms with E-state index < -0.39 is 16.1 Å². The second-order valence-electron chi connectivity index (χ2n) is 9.84. The van der Waals surface area contributed by atoms with Crippen molar-refractivity contribution in [1.82, 2.24) is 0 Å². The summed E-state index contributed by atoms with van der Waals surface area (Å²) in [4.78, 5) is 0. The molecule has 5 aromatic carbocycles. The monoisotopic (exact) mass is 529 g/mol. The molecule has 3 atom stereocenters. The van der Waals surface area contributed by atoms with E-state index in [9.17, 15) is 0 Å². The van der Waals surface area contributed by atoms with E-state index >= 15 is 0 Å². The average Bonchev–Trinajstić information content (AvgIpc) is 3.41. The Morgan fingerprint density at radius 2 is 1.03 bits per heavy atom. The quantitative estimate of drug-likeness (QED) is 0.181. The first-order valence-electron chi connectivity index (χ1n) is 13.5. The lowest BCUT2D eigenvalue weighted by Gasteiger charge is -2.44. The Morgan fingerprint density at radius 3 is 1.58 bits per heavy atom. The lowest BCUT2D eigenvalue weighted by Crippen LogP contribution is -2.28. The van der Waals surface area contributed by atoms with E-state index in [2.05, 4.69) is 156 Å². The van der Waals surface area contributed by atoms with Crippen molar-refractivity contribution in [1.29, 1.82) is 0 Å². The maximum Gasteiger partial charge on any atom is 0.0585 e. The third-order valence-electron chi connectivity index (χ3n) is 7.36. The summed E-state index contributed by atoms with van der Waals surface area (Å²) >= 11 is 0. The molecule has 1 aliphatic rings. The van der Waals surface area contributed by atoms with E-state index in [4.69, 9.17) is 0 Å². The Hall–Kier alpha value is -3.24. The fraction of sp³-hybridized carbons (Fsp3) is 0.143. The molecule has 1 heterocycles. The molecule has 0 saturated carbocycles. The molecular formula is C35H33NP2. The van der Waals surface area contributed by atoms with Gasteiger partial charge in [0.05, 0.1) is 8.07 Å². The maximum atomic E-state index is 2.90. The van der Waals surface area contributed by atoms with Crippen LogP contribution >= 0.6 is 16.1 Å². The predicted molar refractivity (Wildman–Crippen MR) is 167 cm³/mol. The van der Waals surface area contributed by atoms with Gasteiger partial charge in [-0.1, -0.05) is 140 Å². The van der Waals surface area contributed by atoms with Gasteiger partial charge in [0.15, 0.2) is 0 Å². The smallest absolute Gasteiger partial charge is 0.0585 e. The number of nitrogens with zero attached hydrogens (tertiary/aromatic N) is 1. The molecule has 188 valence electrons. The summed E-state index contributed by atoms with van der Waals surface area (Å²) < 4.78 is 2.90. The zero-order valence-corrected chi connectivity index (χ0v) is 23.3. The van der Waals surface area contributed by atoms with Gasteiger partial charge >= 0.3 is 0 Å². The van der Waals surface area contributed by atoms with Crippen molar-refractivity contribution >= 4 is 32.4 Å². The van der Waals surface area contributed by atoms with Crippen LogP contribution in [-0.4, -0.2) is 5.66 Å². The molecule has 0 amide bonds. The number of anilines is 1. The Kier molecular flexibility index (Phi) is 7.97. The molecule has 38 heavy (non-hydrogen) atoms. The summed E-state index contributed by atoms with van der Waals surface area (Å²) in [5.74, 6) is 0. The van der Waals surface area contributed by atoms with Crippen molar-refractivity contribution in [2.45, 2.75) is 30.6 Å². The topological polar surface area (TPSA) is 3.24 Å². The third-order valence-corrected chi connectivity index (χ3v) is 13.8. The Bertz CT molecular complexity index is 1360. The van der Waals surface area contributed by atoms with Crippen LogP contribution in [0, 0.1) is 0 Å². The van der Waals surface area contributed by atoms with Gasteiger partial charge in [0, 0.05) is 35.7 Å². The van der Waals surface area contributed by atoms with E-state index in [0.717, 1.165) is 6.42 Å². The van der Waals surface area contributed by atoms with Crippen LogP contribution in [0.3, 0.4) is 0 Å². The first-order chi connectivity index (χ1) is 18.9. The zero-order valence-electron chi connectivity index (χ0n) is 21.6. The summed E-state index contributed by atoms with van der Waals surface area (Å²) in [5, 5.41) is 2.83. The van der Waals surface area contributed by atoms with Gasteiger partial charge in [-0.3, -0.25) is 0 Å². The van der Waals surface area contributed by atoms with E-state index in [1.54, 1.807) is 0 Å². The zero-order chi connectivity index (χ0) is 25.6. The van der Waals surface area contributed by atoms with Crippen molar-refractivity contribution in [2.24, 2.45) is 0 Å². The fourth-order valence-electron chi connectivity index (χ4n) is 5.65. The average molecular weight is 530 g/mol. The summed E-state index contributed by atoms with van der Waals surface area (Å²) in [7, 11) is -1.29. The van der Waals surface area contributed by atoms with Crippen molar-refractivity contribution in [3.05, 3.63) is 163 Å². The molecule has 1 unspecified atom stereocenters. The van der Waals surface area contributed by atoms with Crippen LogP contribution in [-0.2, 0) is 6.42 Å². The van der Waals surface area contributed by atoms with Crippen LogP contribution in [0.4, 0.5) is 5.69 Å². The Labute approximate surface area is 229 Å². The first kappa shape index (κ1) is 25.1. The summed E-state index contributed by atoms with van der Waals surface area (Å²) in [6.45, 7) is 0. The Balaban J connectivity index is 1.53. The van der Waals surface area contributed by atoms with Gasteiger partial charge in [0.25, 0.3) is 0 Å². The van der Waals surface area contributed by atoms with Gasteiger partial charge < -0.3 is 4.44 Å². The SMILES string of the molecule is c1ccc(C[C@H]2CC[C@H](c3ccccc3)P2N(c2ccccc2)P(c2ccccc2)c2ccccc2)cc1. The number of hydrogen-bond donors (Lipinski definition) is 0. The molecule has 3 heteroatoms. The minimum Gasteiger partial charge on any atom is -0.320 e. The summed E-state index contributed by atoms with van der Waals surface area (Å²) in [6, 6.07) is 56.1. The minimum atomic E-state index is -0.758. The molecule has 0 spiro atoms. The second kappa shape index (κ2) is 12.1. The highest BCUT2D eigenvalue weighted by Gasteiger charge is 2.44. The van der Waals surface area contributed by atoms with Crippen LogP contribution in [0.15, 0.2) is 152 Å². The molecule has 0 aromatic heterocycles. The van der Waals surface area contributed by atoms with Crippen LogP contribution in [0.1, 0.15) is 29.6 Å². The highest BCUT2D eigenvalue weighted by molar-refractivity contribution is 7.85. The van der Waals surface area contributed by atoms with Gasteiger partial charge in [-0.15, -0.1) is 0 Å². The van der Waals surface area contributed by atoms with E-state index in [0.29, 0.717) is 11.3 Å². The normalized spacial score (nSPS) is 18.9. The van der Waals surface area contributed by atoms with Crippen LogP contribution < -0.4 is 15.1 Å². The van der Waals surface area contributed by atoms with E-state index in [1.807, 2.05) is 0 Å². The van der Waals surface area contributed by atoms with Crippen molar-refractivity contribution < 1.29 is 0 Å². The van der Waals surface area contributed by atoms with Gasteiger partial charge in [0.2, 0.25) is 0 Å². The number of hydrogen-bond acceptors (Lipinski definition) is 1. The maximum absolute atomic E-state index is 2.90. The van der Waals surface area contributed by atoms with Crippen LogP contribution in [0.2, 0.25) is 0 Å². The standard InChI is InChI=1S/C35H33NP2/c1-6-16-29(17-7-1)28-34-26-27-35(30-18-8-2-9-19-30)38(34)36(31-20-10-3-11-21-31)37(32-22-12-4-13-23-32)33-24-14-5-15-25-33/h1-25,34-35H,26-28H2/t34-,35-,38?/m1/s1. The third kappa shape index (κ3) is 5.47. The first-order valence-corrected chi connectivity index (χ1v) is 16.2. The molecule has 1 nitrogen and oxygen atoms in total. The number of rotatable bonds is 8. The van der Waals surface area contributed by atoms with Crippen molar-refractivity contribution in [3.63, 3.8) is 0 Å². The Morgan fingerprint density at radius 1 is 0.553 bits per heavy atom. The van der Waals surface area contributed by atoms with Crippen LogP contribution in [0.5, 0.6) is 0 Å². The van der Waals surface area contributed by atoms with Crippen molar-refractivity contribution in [3.8, 4) is 0 Å². The molecule has 6 rings (SSSR count). The lowest BCUT2D eigenvalue weighted by atomic mass is 10.0. The molecular weight excluding hydrogens is 496 g/mol. The molecule has 0 aliphatic carbocycles. The van der Waals surface area contributed by atoms with Gasteiger partial charge in [-0.05, 0) is 42.5 Å². The highest BCUT2D eigenvalue weighted by Crippen LogP contribution is 2.72.